The summed E-state index contributed by atoms with van der Waals surface area (Å²) in [7, 11) is 0. The van der Waals surface area contributed by atoms with Gasteiger partial charge in [-0.3, -0.25) is 13.8 Å². The number of para-hydroxylation sites is 2. The Morgan fingerprint density at radius 2 is 1.87 bits per heavy atom. The minimum Gasteiger partial charge on any atom is -0.294 e. The van der Waals surface area contributed by atoms with Crippen LogP contribution in [0.5, 0.6) is 0 Å². The maximum absolute atomic E-state index is 13.2. The van der Waals surface area contributed by atoms with Crippen LogP contribution in [0.15, 0.2) is 42.6 Å². The van der Waals surface area contributed by atoms with E-state index in [1.165, 1.54) is 0 Å². The Morgan fingerprint density at radius 1 is 1.09 bits per heavy atom. The monoisotopic (exact) mass is 324 g/mol. The molecule has 4 rings (SSSR count). The van der Waals surface area contributed by atoms with Crippen molar-refractivity contribution < 1.29 is 4.79 Å². The van der Waals surface area contributed by atoms with E-state index in [1.54, 1.807) is 27.3 Å². The van der Waals surface area contributed by atoms with Crippen molar-refractivity contribution in [2.75, 3.05) is 0 Å². The minimum absolute atomic E-state index is 0.163. The van der Waals surface area contributed by atoms with Crippen molar-refractivity contribution in [3.8, 4) is 0 Å². The molecular formula is C17H13ClN4O. The van der Waals surface area contributed by atoms with E-state index in [0.717, 1.165) is 11.0 Å². The molecule has 23 heavy (non-hydrogen) atoms. The lowest BCUT2D eigenvalue weighted by Gasteiger charge is -2.07. The molecule has 0 N–H and O–H groups in total. The Bertz CT molecular complexity index is 1080. The van der Waals surface area contributed by atoms with E-state index in [9.17, 15) is 4.79 Å². The Morgan fingerprint density at radius 3 is 2.70 bits per heavy atom. The minimum atomic E-state index is -0.163. The zero-order valence-corrected chi connectivity index (χ0v) is 13.4. The fourth-order valence-corrected chi connectivity index (χ4v) is 3.06. The van der Waals surface area contributed by atoms with E-state index in [-0.39, 0.29) is 5.91 Å². The Labute approximate surface area is 137 Å². The number of rotatable bonds is 1. The van der Waals surface area contributed by atoms with Crippen molar-refractivity contribution in [3.63, 3.8) is 0 Å². The van der Waals surface area contributed by atoms with Crippen molar-refractivity contribution in [1.82, 2.24) is 18.9 Å². The van der Waals surface area contributed by atoms with E-state index < -0.39 is 0 Å². The average molecular weight is 325 g/mol. The van der Waals surface area contributed by atoms with Crippen LogP contribution in [-0.4, -0.2) is 24.8 Å². The van der Waals surface area contributed by atoms with Crippen molar-refractivity contribution in [3.05, 3.63) is 64.8 Å². The number of imidazole rings is 2. The second-order valence-electron chi connectivity index (χ2n) is 5.41. The Hall–Kier alpha value is -2.66. The largest absolute Gasteiger partial charge is 0.294 e. The summed E-state index contributed by atoms with van der Waals surface area (Å²) >= 11 is 6.08. The van der Waals surface area contributed by atoms with Crippen LogP contribution in [-0.2, 0) is 0 Å². The molecule has 0 unspecified atom stereocenters. The highest BCUT2D eigenvalue weighted by molar-refractivity contribution is 6.30. The van der Waals surface area contributed by atoms with Gasteiger partial charge in [-0.2, -0.15) is 0 Å². The van der Waals surface area contributed by atoms with Gasteiger partial charge in [0.1, 0.15) is 17.2 Å². The summed E-state index contributed by atoms with van der Waals surface area (Å²) in [5.74, 6) is 0.482. The van der Waals surface area contributed by atoms with E-state index in [2.05, 4.69) is 9.97 Å². The van der Waals surface area contributed by atoms with Gasteiger partial charge in [-0.15, -0.1) is 0 Å². The number of hydrogen-bond acceptors (Lipinski definition) is 3. The summed E-state index contributed by atoms with van der Waals surface area (Å²) in [6, 6.07) is 11.1. The topological polar surface area (TPSA) is 52.2 Å². The lowest BCUT2D eigenvalue weighted by Crippen LogP contribution is -2.17. The smallest absolute Gasteiger partial charge is 0.282 e. The van der Waals surface area contributed by atoms with Gasteiger partial charge in [-0.05, 0) is 38.1 Å². The molecule has 3 heterocycles. The molecule has 0 aliphatic heterocycles. The van der Waals surface area contributed by atoms with Gasteiger partial charge in [0.2, 0.25) is 0 Å². The highest BCUT2D eigenvalue weighted by Gasteiger charge is 2.22. The fraction of sp³-hybridized carbons (Fsp3) is 0.118. The van der Waals surface area contributed by atoms with Crippen molar-refractivity contribution in [2.45, 2.75) is 13.8 Å². The SMILES string of the molecule is Cc1nc2ccc(Cl)cn2c1C(=O)n1c(C)nc2ccccc21. The van der Waals surface area contributed by atoms with Gasteiger partial charge < -0.3 is 0 Å². The normalized spacial score (nSPS) is 11.4. The van der Waals surface area contributed by atoms with Crippen LogP contribution in [0.1, 0.15) is 22.0 Å². The maximum atomic E-state index is 13.2. The number of fused-ring (bicyclic) bond motifs is 2. The number of aromatic nitrogens is 4. The molecule has 3 aromatic heterocycles. The summed E-state index contributed by atoms with van der Waals surface area (Å²) in [5.41, 5.74) is 3.43. The van der Waals surface area contributed by atoms with Crippen LogP contribution in [0.2, 0.25) is 5.02 Å². The van der Waals surface area contributed by atoms with Gasteiger partial charge in [0, 0.05) is 6.20 Å². The molecule has 0 atom stereocenters. The van der Waals surface area contributed by atoms with Gasteiger partial charge in [-0.1, -0.05) is 23.7 Å². The number of aryl methyl sites for hydroxylation is 2. The number of carbonyl (C=O) groups excluding carboxylic acids is 1. The summed E-state index contributed by atoms with van der Waals surface area (Å²) in [5, 5.41) is 0.552. The molecule has 0 spiro atoms. The average Bonchev–Trinajstić information content (AvgIpc) is 3.01. The number of benzene rings is 1. The molecule has 0 aliphatic rings. The van der Waals surface area contributed by atoms with E-state index in [0.29, 0.717) is 27.9 Å². The molecule has 0 fully saturated rings. The molecule has 6 heteroatoms. The maximum Gasteiger partial charge on any atom is 0.282 e. The van der Waals surface area contributed by atoms with Crippen LogP contribution < -0.4 is 0 Å². The zero-order chi connectivity index (χ0) is 16.1. The number of pyridine rings is 1. The first-order valence-electron chi connectivity index (χ1n) is 7.19. The van der Waals surface area contributed by atoms with Crippen LogP contribution in [0.3, 0.4) is 0 Å². The van der Waals surface area contributed by atoms with E-state index >= 15 is 0 Å². The van der Waals surface area contributed by atoms with Crippen molar-refractivity contribution >= 4 is 34.2 Å². The fourth-order valence-electron chi connectivity index (χ4n) is 2.90. The summed E-state index contributed by atoms with van der Waals surface area (Å²) in [4.78, 5) is 22.1. The Kier molecular flexibility index (Phi) is 2.99. The van der Waals surface area contributed by atoms with Gasteiger partial charge in [-0.25, -0.2) is 9.97 Å². The second-order valence-corrected chi connectivity index (χ2v) is 5.85. The molecule has 5 nitrogen and oxygen atoms in total. The van der Waals surface area contributed by atoms with Crippen LogP contribution in [0.25, 0.3) is 16.7 Å². The molecule has 0 saturated carbocycles. The van der Waals surface area contributed by atoms with Crippen LogP contribution in [0.4, 0.5) is 0 Å². The van der Waals surface area contributed by atoms with Crippen molar-refractivity contribution in [1.29, 1.82) is 0 Å². The quantitative estimate of drug-likeness (QED) is 0.537. The van der Waals surface area contributed by atoms with E-state index in [4.69, 9.17) is 11.6 Å². The lowest BCUT2D eigenvalue weighted by molar-refractivity contribution is 0.0956. The van der Waals surface area contributed by atoms with Crippen LogP contribution >= 0.6 is 11.6 Å². The predicted octanol–water partition coefficient (Wildman–Crippen LogP) is 3.64. The molecule has 0 bridgehead atoms. The summed E-state index contributed by atoms with van der Waals surface area (Å²) < 4.78 is 3.35. The lowest BCUT2D eigenvalue weighted by atomic mass is 10.3. The molecule has 4 aromatic rings. The number of halogens is 1. The number of nitrogens with zero attached hydrogens (tertiary/aromatic N) is 4. The highest BCUT2D eigenvalue weighted by Crippen LogP contribution is 2.21. The summed E-state index contributed by atoms with van der Waals surface area (Å²) in [6.07, 6.45) is 1.71. The van der Waals surface area contributed by atoms with Crippen molar-refractivity contribution in [2.24, 2.45) is 0 Å². The van der Waals surface area contributed by atoms with Crippen LogP contribution in [0, 0.1) is 13.8 Å². The first-order chi connectivity index (χ1) is 11.1. The third-order valence-corrected chi connectivity index (χ3v) is 4.11. The molecule has 0 amide bonds. The zero-order valence-electron chi connectivity index (χ0n) is 12.6. The Balaban J connectivity index is 2.00. The van der Waals surface area contributed by atoms with Gasteiger partial charge in [0.05, 0.1) is 21.7 Å². The molecule has 1 aromatic carbocycles. The number of carbonyl (C=O) groups is 1. The molecule has 0 radical (unpaired) electrons. The first kappa shape index (κ1) is 14.0. The van der Waals surface area contributed by atoms with Gasteiger partial charge in [0.15, 0.2) is 0 Å². The number of hydrogen-bond donors (Lipinski definition) is 0. The second kappa shape index (κ2) is 4.93. The molecule has 0 aliphatic carbocycles. The standard InChI is InChI=1S/C17H13ClN4O/c1-10-16(21-9-12(18)7-8-15(21)19-10)17(23)22-11(2)20-13-5-3-4-6-14(13)22/h3-9H,1-2H3. The molecule has 0 saturated heterocycles. The first-order valence-corrected chi connectivity index (χ1v) is 7.57. The third-order valence-electron chi connectivity index (χ3n) is 3.89. The highest BCUT2D eigenvalue weighted by atomic mass is 35.5. The third kappa shape index (κ3) is 2.04. The molecule has 114 valence electrons. The van der Waals surface area contributed by atoms with Gasteiger partial charge >= 0.3 is 0 Å². The summed E-state index contributed by atoms with van der Waals surface area (Å²) in [6.45, 7) is 3.64. The van der Waals surface area contributed by atoms with Gasteiger partial charge in [0.25, 0.3) is 5.91 Å². The molecular weight excluding hydrogens is 312 g/mol. The van der Waals surface area contributed by atoms with E-state index in [1.807, 2.05) is 38.1 Å². The predicted molar refractivity (Wildman–Crippen MR) is 89.1 cm³/mol.